The summed E-state index contributed by atoms with van der Waals surface area (Å²) < 4.78 is 37.2. The number of ether oxygens (including phenoxy) is 2. The molecule has 3 heterocycles. The maximum atomic E-state index is 12.9. The first-order chi connectivity index (χ1) is 19.4. The average molecular weight is 598 g/mol. The molecule has 1 amide bonds. The Kier molecular flexibility index (Phi) is 7.85. The second-order valence-corrected chi connectivity index (χ2v) is 13.7. The third kappa shape index (κ3) is 6.10. The molecule has 5 rings (SSSR count). The van der Waals surface area contributed by atoms with E-state index in [1.807, 2.05) is 41.3 Å². The van der Waals surface area contributed by atoms with E-state index < -0.39 is 33.7 Å². The molecule has 1 unspecified atom stereocenters. The number of carbonyl (C=O) groups is 1. The SMILES string of the molecule is CC(C)(C)OC(=O)N1CCN(c2nc(S(C)(=O)=O)nc3c2CO[C@H](c2cccc4cccc(Cl)c24)C3)CC1CC#N. The number of sulfone groups is 1. The van der Waals surface area contributed by atoms with Crippen LogP contribution in [-0.2, 0) is 32.3 Å². The van der Waals surface area contributed by atoms with Crippen LogP contribution in [0.3, 0.4) is 0 Å². The summed E-state index contributed by atoms with van der Waals surface area (Å²) in [5.41, 5.74) is 1.51. The Balaban J connectivity index is 1.50. The molecular weight excluding hydrogens is 566 g/mol. The van der Waals surface area contributed by atoms with Crippen molar-refractivity contribution in [2.75, 3.05) is 30.8 Å². The molecule has 41 heavy (non-hydrogen) atoms. The van der Waals surface area contributed by atoms with Gasteiger partial charge in [0.25, 0.3) is 0 Å². The van der Waals surface area contributed by atoms with Crippen LogP contribution in [0.4, 0.5) is 10.6 Å². The number of hydrogen-bond acceptors (Lipinski definition) is 9. The van der Waals surface area contributed by atoms with Crippen molar-refractivity contribution in [3.05, 3.63) is 58.2 Å². The summed E-state index contributed by atoms with van der Waals surface area (Å²) in [6.45, 7) is 6.47. The lowest BCUT2D eigenvalue weighted by Gasteiger charge is -2.42. The van der Waals surface area contributed by atoms with Gasteiger partial charge in [0.05, 0.1) is 36.9 Å². The molecule has 0 spiro atoms. The maximum absolute atomic E-state index is 12.9. The molecule has 0 aliphatic carbocycles. The average Bonchev–Trinajstić information content (AvgIpc) is 2.90. The predicted octanol–water partition coefficient (Wildman–Crippen LogP) is 4.84. The van der Waals surface area contributed by atoms with E-state index in [1.54, 1.807) is 25.7 Å². The van der Waals surface area contributed by atoms with Crippen LogP contribution < -0.4 is 4.90 Å². The molecule has 1 aromatic heterocycles. The number of hydrogen-bond donors (Lipinski definition) is 0. The van der Waals surface area contributed by atoms with Crippen LogP contribution in [0.2, 0.25) is 5.02 Å². The Bertz CT molecular complexity index is 1640. The lowest BCUT2D eigenvalue weighted by atomic mass is 9.94. The summed E-state index contributed by atoms with van der Waals surface area (Å²) in [6, 6.07) is 13.3. The standard InChI is InChI=1S/C29H32ClN5O5S/c1-29(2,3)40-28(36)35-14-13-34(16-19(35)11-12-31)26-21-17-39-24(15-23(21)32-27(33-26)41(4,37)38)20-9-5-7-18-8-6-10-22(30)25(18)20/h5-10,19,24H,11,13-17H2,1-4H3/t19?,24-/m0/s1. The van der Waals surface area contributed by atoms with Crippen LogP contribution in [0, 0.1) is 11.3 Å². The van der Waals surface area contributed by atoms with Crippen molar-refractivity contribution in [2.24, 2.45) is 0 Å². The Morgan fingerprint density at radius 2 is 1.93 bits per heavy atom. The summed E-state index contributed by atoms with van der Waals surface area (Å²) in [4.78, 5) is 25.3. The highest BCUT2D eigenvalue weighted by Crippen LogP contribution is 2.39. The first-order valence-electron chi connectivity index (χ1n) is 13.4. The van der Waals surface area contributed by atoms with E-state index in [-0.39, 0.29) is 31.3 Å². The molecule has 2 aromatic carbocycles. The minimum Gasteiger partial charge on any atom is -0.444 e. The Morgan fingerprint density at radius 3 is 2.61 bits per heavy atom. The highest BCUT2D eigenvalue weighted by molar-refractivity contribution is 7.90. The second-order valence-electron chi connectivity index (χ2n) is 11.4. The molecule has 2 aliphatic heterocycles. The Hall–Kier alpha value is -3.46. The normalized spacial score (nSPS) is 19.5. The van der Waals surface area contributed by atoms with Gasteiger partial charge >= 0.3 is 6.09 Å². The Labute approximate surface area is 244 Å². The summed E-state index contributed by atoms with van der Waals surface area (Å²) in [5.74, 6) is 0.441. The Morgan fingerprint density at radius 1 is 1.20 bits per heavy atom. The van der Waals surface area contributed by atoms with Gasteiger partial charge in [0.15, 0.2) is 0 Å². The van der Waals surface area contributed by atoms with Crippen molar-refractivity contribution in [1.82, 2.24) is 14.9 Å². The zero-order valence-corrected chi connectivity index (χ0v) is 25.0. The fourth-order valence-corrected chi connectivity index (χ4v) is 6.16. The van der Waals surface area contributed by atoms with Crippen LogP contribution in [0.1, 0.15) is 50.1 Å². The zero-order chi connectivity index (χ0) is 29.5. The van der Waals surface area contributed by atoms with E-state index in [1.165, 1.54) is 0 Å². The number of benzene rings is 2. The molecule has 2 atom stereocenters. The van der Waals surface area contributed by atoms with Gasteiger partial charge in [-0.3, -0.25) is 0 Å². The number of aromatic nitrogens is 2. The van der Waals surface area contributed by atoms with Crippen molar-refractivity contribution >= 4 is 44.1 Å². The number of carbonyl (C=O) groups excluding carboxylic acids is 1. The van der Waals surface area contributed by atoms with Crippen LogP contribution in [-0.4, -0.2) is 66.9 Å². The molecule has 3 aromatic rings. The predicted molar refractivity (Wildman–Crippen MR) is 155 cm³/mol. The summed E-state index contributed by atoms with van der Waals surface area (Å²) in [6.07, 6.45) is 0.619. The number of amides is 1. The molecule has 0 radical (unpaired) electrons. The van der Waals surface area contributed by atoms with Gasteiger partial charge in [0.1, 0.15) is 11.4 Å². The van der Waals surface area contributed by atoms with E-state index in [0.717, 1.165) is 22.6 Å². The van der Waals surface area contributed by atoms with Gasteiger partial charge < -0.3 is 19.3 Å². The van der Waals surface area contributed by atoms with Crippen LogP contribution >= 0.6 is 11.6 Å². The van der Waals surface area contributed by atoms with Gasteiger partial charge in [-0.1, -0.05) is 41.9 Å². The van der Waals surface area contributed by atoms with Crippen molar-refractivity contribution in [2.45, 2.75) is 63.1 Å². The summed E-state index contributed by atoms with van der Waals surface area (Å²) in [7, 11) is -3.74. The van der Waals surface area contributed by atoms with Crippen molar-refractivity contribution < 1.29 is 22.7 Å². The first kappa shape index (κ1) is 29.0. The minimum atomic E-state index is -3.74. The molecular formula is C29H32ClN5O5S. The smallest absolute Gasteiger partial charge is 0.410 e. The largest absolute Gasteiger partial charge is 0.444 e. The van der Waals surface area contributed by atoms with Crippen LogP contribution in [0.5, 0.6) is 0 Å². The fraction of sp³-hybridized carbons (Fsp3) is 0.448. The quantitative estimate of drug-likeness (QED) is 0.388. The van der Waals surface area contributed by atoms with E-state index in [4.69, 9.17) is 21.1 Å². The number of nitriles is 1. The monoisotopic (exact) mass is 597 g/mol. The molecule has 1 fully saturated rings. The topological polar surface area (TPSA) is 126 Å². The first-order valence-corrected chi connectivity index (χ1v) is 15.6. The number of halogens is 1. The number of piperazine rings is 1. The number of fused-ring (bicyclic) bond motifs is 2. The molecule has 12 heteroatoms. The molecule has 0 saturated carbocycles. The maximum Gasteiger partial charge on any atom is 0.410 e. The molecule has 10 nitrogen and oxygen atoms in total. The third-order valence-electron chi connectivity index (χ3n) is 7.16. The third-order valence-corrected chi connectivity index (χ3v) is 8.32. The number of rotatable bonds is 4. The number of anilines is 1. The lowest BCUT2D eigenvalue weighted by Crippen LogP contribution is -2.56. The molecule has 0 N–H and O–H groups in total. The van der Waals surface area contributed by atoms with Crippen molar-refractivity contribution in [1.29, 1.82) is 5.26 Å². The van der Waals surface area contributed by atoms with E-state index >= 15 is 0 Å². The molecule has 216 valence electrons. The van der Waals surface area contributed by atoms with E-state index in [0.29, 0.717) is 35.1 Å². The highest BCUT2D eigenvalue weighted by atomic mass is 35.5. The van der Waals surface area contributed by atoms with Gasteiger partial charge in [-0.2, -0.15) is 5.26 Å². The fourth-order valence-electron chi connectivity index (χ4n) is 5.34. The van der Waals surface area contributed by atoms with Crippen molar-refractivity contribution in [3.8, 4) is 6.07 Å². The summed E-state index contributed by atoms with van der Waals surface area (Å²) in [5, 5.41) is 11.7. The molecule has 0 bridgehead atoms. The highest BCUT2D eigenvalue weighted by Gasteiger charge is 2.37. The molecule has 2 aliphatic rings. The second kappa shape index (κ2) is 11.1. The van der Waals surface area contributed by atoms with E-state index in [9.17, 15) is 18.5 Å². The number of nitrogens with zero attached hydrogens (tertiary/aromatic N) is 5. The van der Waals surface area contributed by atoms with Crippen LogP contribution in [0.25, 0.3) is 10.8 Å². The minimum absolute atomic E-state index is 0.0857. The van der Waals surface area contributed by atoms with Gasteiger partial charge in [-0.15, -0.1) is 0 Å². The molecule has 1 saturated heterocycles. The van der Waals surface area contributed by atoms with Gasteiger partial charge in [-0.25, -0.2) is 23.2 Å². The lowest BCUT2D eigenvalue weighted by molar-refractivity contribution is 0.0140. The van der Waals surface area contributed by atoms with Gasteiger partial charge in [0.2, 0.25) is 15.0 Å². The van der Waals surface area contributed by atoms with Crippen LogP contribution in [0.15, 0.2) is 41.6 Å². The van der Waals surface area contributed by atoms with Gasteiger partial charge in [-0.05, 0) is 37.8 Å². The van der Waals surface area contributed by atoms with E-state index in [2.05, 4.69) is 16.0 Å². The zero-order valence-electron chi connectivity index (χ0n) is 23.4. The van der Waals surface area contributed by atoms with Gasteiger partial charge in [0, 0.05) is 48.3 Å². The summed E-state index contributed by atoms with van der Waals surface area (Å²) >= 11 is 6.58. The van der Waals surface area contributed by atoms with Crippen molar-refractivity contribution in [3.63, 3.8) is 0 Å².